The first-order chi connectivity index (χ1) is 12.0. The first kappa shape index (κ1) is 19.0. The quantitative estimate of drug-likeness (QED) is 0.787. The van der Waals surface area contributed by atoms with Gasteiger partial charge in [-0.1, -0.05) is 30.3 Å². The smallest absolute Gasteiger partial charge is 0.251 e. The third kappa shape index (κ3) is 5.06. The zero-order valence-corrected chi connectivity index (χ0v) is 15.4. The third-order valence-electron chi connectivity index (χ3n) is 3.95. The second kappa shape index (κ2) is 8.67. The summed E-state index contributed by atoms with van der Waals surface area (Å²) in [5.41, 5.74) is 2.26. The molecular weight excluding hydrogens is 336 g/mol. The summed E-state index contributed by atoms with van der Waals surface area (Å²) < 4.78 is 25.5. The van der Waals surface area contributed by atoms with Gasteiger partial charge in [0.05, 0.1) is 11.4 Å². The zero-order chi connectivity index (χ0) is 18.3. The monoisotopic (exact) mass is 360 g/mol. The minimum atomic E-state index is -3.31. The van der Waals surface area contributed by atoms with Crippen LogP contribution in [-0.4, -0.2) is 33.2 Å². The molecule has 0 saturated heterocycles. The van der Waals surface area contributed by atoms with Gasteiger partial charge >= 0.3 is 0 Å². The molecule has 134 valence electrons. The molecule has 0 unspecified atom stereocenters. The molecule has 0 fully saturated rings. The predicted octanol–water partition coefficient (Wildman–Crippen LogP) is 2.84. The number of hydrogen-bond donors (Lipinski definition) is 1. The van der Waals surface area contributed by atoms with Crippen LogP contribution in [0.4, 0.5) is 5.69 Å². The van der Waals surface area contributed by atoms with Crippen molar-refractivity contribution in [2.45, 2.75) is 20.3 Å². The number of anilines is 1. The summed E-state index contributed by atoms with van der Waals surface area (Å²) in [5, 5.41) is 2.88. The van der Waals surface area contributed by atoms with Crippen LogP contribution in [0.1, 0.15) is 29.8 Å². The standard InChI is InChI=1S/C19H24N2O3S/c1-3-21(25(23,24)4-2)18-12-10-17(11-13-18)19(22)20-15-14-16-8-6-5-7-9-16/h5-13H,3-4,14-15H2,1-2H3,(H,20,22). The highest BCUT2D eigenvalue weighted by atomic mass is 32.2. The minimum absolute atomic E-state index is 0.0442. The van der Waals surface area contributed by atoms with Crippen LogP contribution in [0.25, 0.3) is 0 Å². The maximum atomic E-state index is 12.2. The molecular formula is C19H24N2O3S. The Morgan fingerprint density at radius 3 is 2.20 bits per heavy atom. The number of rotatable bonds is 8. The van der Waals surface area contributed by atoms with E-state index in [4.69, 9.17) is 0 Å². The molecule has 0 radical (unpaired) electrons. The van der Waals surface area contributed by atoms with E-state index < -0.39 is 10.0 Å². The second-order valence-corrected chi connectivity index (χ2v) is 7.79. The highest BCUT2D eigenvalue weighted by molar-refractivity contribution is 7.92. The SMILES string of the molecule is CCN(c1ccc(C(=O)NCCc2ccccc2)cc1)S(=O)(=O)CC. The lowest BCUT2D eigenvalue weighted by molar-refractivity contribution is 0.0954. The summed E-state index contributed by atoms with van der Waals surface area (Å²) >= 11 is 0. The van der Waals surface area contributed by atoms with Gasteiger partial charge in [-0.15, -0.1) is 0 Å². The van der Waals surface area contributed by atoms with Crippen LogP contribution in [0.2, 0.25) is 0 Å². The summed E-state index contributed by atoms with van der Waals surface area (Å²) in [6.45, 7) is 4.32. The number of sulfonamides is 1. The summed E-state index contributed by atoms with van der Waals surface area (Å²) in [4.78, 5) is 12.2. The van der Waals surface area contributed by atoms with Crippen LogP contribution in [0.5, 0.6) is 0 Å². The molecule has 0 spiro atoms. The van der Waals surface area contributed by atoms with E-state index in [9.17, 15) is 13.2 Å². The van der Waals surface area contributed by atoms with Crippen molar-refractivity contribution in [1.29, 1.82) is 0 Å². The molecule has 0 aliphatic carbocycles. The van der Waals surface area contributed by atoms with Gasteiger partial charge in [0, 0.05) is 18.7 Å². The van der Waals surface area contributed by atoms with Gasteiger partial charge in [-0.05, 0) is 50.1 Å². The Morgan fingerprint density at radius 2 is 1.64 bits per heavy atom. The van der Waals surface area contributed by atoms with Crippen LogP contribution in [-0.2, 0) is 16.4 Å². The van der Waals surface area contributed by atoms with Gasteiger partial charge in [-0.2, -0.15) is 0 Å². The Bertz CT molecular complexity index is 787. The van der Waals surface area contributed by atoms with Crippen LogP contribution in [0, 0.1) is 0 Å². The number of benzene rings is 2. The zero-order valence-electron chi connectivity index (χ0n) is 14.6. The highest BCUT2D eigenvalue weighted by Gasteiger charge is 2.18. The maximum absolute atomic E-state index is 12.2. The maximum Gasteiger partial charge on any atom is 0.251 e. The molecule has 2 aromatic rings. The van der Waals surface area contributed by atoms with Gasteiger partial charge in [0.2, 0.25) is 10.0 Å². The number of nitrogens with one attached hydrogen (secondary N) is 1. The first-order valence-corrected chi connectivity index (χ1v) is 10.0. The average molecular weight is 360 g/mol. The van der Waals surface area contributed by atoms with Crippen LogP contribution in [0.3, 0.4) is 0 Å². The summed E-state index contributed by atoms with van der Waals surface area (Å²) in [7, 11) is -3.31. The van der Waals surface area contributed by atoms with Crippen molar-refractivity contribution in [2.75, 3.05) is 23.1 Å². The Balaban J connectivity index is 1.98. The van der Waals surface area contributed by atoms with Crippen LogP contribution >= 0.6 is 0 Å². The third-order valence-corrected chi connectivity index (χ3v) is 5.82. The number of carbonyl (C=O) groups excluding carboxylic acids is 1. The number of carbonyl (C=O) groups is 1. The van der Waals surface area contributed by atoms with Crippen molar-refractivity contribution in [3.05, 3.63) is 65.7 Å². The van der Waals surface area contributed by atoms with Crippen molar-refractivity contribution in [2.24, 2.45) is 0 Å². The lowest BCUT2D eigenvalue weighted by Crippen LogP contribution is -2.32. The Hall–Kier alpha value is -2.34. The van der Waals surface area contributed by atoms with Gasteiger partial charge in [-0.25, -0.2) is 8.42 Å². The van der Waals surface area contributed by atoms with Crippen molar-refractivity contribution in [3.8, 4) is 0 Å². The van der Waals surface area contributed by atoms with Crippen LogP contribution < -0.4 is 9.62 Å². The number of nitrogens with zero attached hydrogens (tertiary/aromatic N) is 1. The van der Waals surface area contributed by atoms with Crippen LogP contribution in [0.15, 0.2) is 54.6 Å². The molecule has 6 heteroatoms. The molecule has 0 aliphatic rings. The molecule has 1 amide bonds. The van der Waals surface area contributed by atoms with E-state index in [0.29, 0.717) is 24.3 Å². The van der Waals surface area contributed by atoms with Gasteiger partial charge in [-0.3, -0.25) is 9.10 Å². The molecule has 0 atom stereocenters. The van der Waals surface area contributed by atoms with Crippen molar-refractivity contribution < 1.29 is 13.2 Å². The number of hydrogen-bond acceptors (Lipinski definition) is 3. The lowest BCUT2D eigenvalue weighted by Gasteiger charge is -2.22. The molecule has 1 N–H and O–H groups in total. The molecule has 2 rings (SSSR count). The summed E-state index contributed by atoms with van der Waals surface area (Å²) in [6, 6.07) is 16.6. The van der Waals surface area contributed by atoms with Crippen molar-refractivity contribution in [1.82, 2.24) is 5.32 Å². The van der Waals surface area contributed by atoms with E-state index in [-0.39, 0.29) is 11.7 Å². The average Bonchev–Trinajstić information content (AvgIpc) is 2.63. The molecule has 0 heterocycles. The van der Waals surface area contributed by atoms with E-state index in [2.05, 4.69) is 5.32 Å². The van der Waals surface area contributed by atoms with E-state index >= 15 is 0 Å². The van der Waals surface area contributed by atoms with E-state index in [0.717, 1.165) is 6.42 Å². The number of amides is 1. The van der Waals surface area contributed by atoms with Crippen molar-refractivity contribution >= 4 is 21.6 Å². The predicted molar refractivity (Wildman–Crippen MR) is 101 cm³/mol. The highest BCUT2D eigenvalue weighted by Crippen LogP contribution is 2.19. The minimum Gasteiger partial charge on any atom is -0.352 e. The largest absolute Gasteiger partial charge is 0.352 e. The molecule has 0 aliphatic heterocycles. The summed E-state index contributed by atoms with van der Waals surface area (Å²) in [6.07, 6.45) is 0.767. The lowest BCUT2D eigenvalue weighted by atomic mass is 10.1. The van der Waals surface area contributed by atoms with E-state index in [1.165, 1.54) is 9.87 Å². The fraction of sp³-hybridized carbons (Fsp3) is 0.316. The molecule has 0 bridgehead atoms. The Morgan fingerprint density at radius 1 is 1.00 bits per heavy atom. The topological polar surface area (TPSA) is 66.5 Å². The Labute approximate surface area is 149 Å². The molecule has 0 saturated carbocycles. The van der Waals surface area contributed by atoms with E-state index in [1.807, 2.05) is 30.3 Å². The fourth-order valence-corrected chi connectivity index (χ4v) is 3.69. The normalized spacial score (nSPS) is 11.1. The molecule has 5 nitrogen and oxygen atoms in total. The van der Waals surface area contributed by atoms with E-state index in [1.54, 1.807) is 38.1 Å². The fourth-order valence-electron chi connectivity index (χ4n) is 2.54. The first-order valence-electron chi connectivity index (χ1n) is 8.40. The molecule has 0 aromatic heterocycles. The van der Waals surface area contributed by atoms with Crippen molar-refractivity contribution in [3.63, 3.8) is 0 Å². The van der Waals surface area contributed by atoms with Gasteiger partial charge < -0.3 is 5.32 Å². The molecule has 25 heavy (non-hydrogen) atoms. The second-order valence-electron chi connectivity index (χ2n) is 5.60. The summed E-state index contributed by atoms with van der Waals surface area (Å²) in [5.74, 6) is -0.119. The van der Waals surface area contributed by atoms with Gasteiger partial charge in [0.25, 0.3) is 5.91 Å². The Kier molecular flexibility index (Phi) is 6.58. The van der Waals surface area contributed by atoms with Gasteiger partial charge in [0.15, 0.2) is 0 Å². The van der Waals surface area contributed by atoms with Gasteiger partial charge in [0.1, 0.15) is 0 Å². The molecule has 2 aromatic carbocycles.